The highest BCUT2D eigenvalue weighted by Crippen LogP contribution is 2.36. The molecule has 7 heteroatoms. The number of aromatic hydroxyl groups is 1. The zero-order chi connectivity index (χ0) is 18.5. The number of H-pyrrole nitrogens is 1. The van der Waals surface area contributed by atoms with Crippen LogP contribution in [0.4, 0.5) is 0 Å². The molecule has 0 aliphatic heterocycles. The Labute approximate surface area is 152 Å². The van der Waals surface area contributed by atoms with Gasteiger partial charge in [0.1, 0.15) is 11.4 Å². The predicted octanol–water partition coefficient (Wildman–Crippen LogP) is 3.13. The Morgan fingerprint density at radius 3 is 2.56 bits per heavy atom. The van der Waals surface area contributed by atoms with Crippen LogP contribution in [-0.2, 0) is 0 Å². The number of aromatic amines is 1. The predicted molar refractivity (Wildman–Crippen MR) is 102 cm³/mol. The monoisotopic (exact) mass is 355 g/mol. The first kappa shape index (κ1) is 15.3. The number of carbonyl (C=O) groups is 1. The smallest absolute Gasteiger partial charge is 0.267 e. The van der Waals surface area contributed by atoms with E-state index in [-0.39, 0.29) is 11.4 Å². The molecule has 0 bridgehead atoms. The maximum absolute atomic E-state index is 12.1. The SMILES string of the molecule is NC(=O)c1[nH]nc2ncc3c(-c4ccc(O)cc4)nc4ccccc4c1c23. The highest BCUT2D eigenvalue weighted by molar-refractivity contribution is 6.24. The summed E-state index contributed by atoms with van der Waals surface area (Å²) in [4.78, 5) is 21.3. The molecule has 0 unspecified atom stereocenters. The first-order valence-electron chi connectivity index (χ1n) is 8.28. The number of carbonyl (C=O) groups excluding carboxylic acids is 1. The third kappa shape index (κ3) is 2.22. The van der Waals surface area contributed by atoms with Crippen LogP contribution in [-0.4, -0.2) is 31.2 Å². The number of nitrogens with zero attached hydrogens (tertiary/aromatic N) is 3. The molecule has 3 heterocycles. The van der Waals surface area contributed by atoms with Gasteiger partial charge in [-0.15, -0.1) is 0 Å². The lowest BCUT2D eigenvalue weighted by Gasteiger charge is -2.03. The highest BCUT2D eigenvalue weighted by atomic mass is 16.3. The Morgan fingerprint density at radius 2 is 1.78 bits per heavy atom. The largest absolute Gasteiger partial charge is 0.508 e. The van der Waals surface area contributed by atoms with Gasteiger partial charge in [0.2, 0.25) is 0 Å². The van der Waals surface area contributed by atoms with Gasteiger partial charge in [-0.3, -0.25) is 9.89 Å². The molecule has 0 saturated heterocycles. The summed E-state index contributed by atoms with van der Waals surface area (Å²) in [6, 6.07) is 14.3. The van der Waals surface area contributed by atoms with Crippen molar-refractivity contribution in [2.24, 2.45) is 5.73 Å². The lowest BCUT2D eigenvalue weighted by molar-refractivity contribution is 0.0996. The van der Waals surface area contributed by atoms with E-state index in [1.165, 1.54) is 0 Å². The highest BCUT2D eigenvalue weighted by Gasteiger charge is 2.19. The molecule has 2 aromatic carbocycles. The first-order valence-corrected chi connectivity index (χ1v) is 8.28. The lowest BCUT2D eigenvalue weighted by atomic mass is 10.0. The molecule has 130 valence electrons. The maximum Gasteiger partial charge on any atom is 0.267 e. The molecule has 0 aliphatic carbocycles. The average molecular weight is 355 g/mol. The van der Waals surface area contributed by atoms with E-state index >= 15 is 0 Å². The number of primary amides is 1. The molecule has 27 heavy (non-hydrogen) atoms. The average Bonchev–Trinajstić information content (AvgIpc) is 3.04. The zero-order valence-electron chi connectivity index (χ0n) is 14.0. The molecule has 3 aromatic heterocycles. The minimum Gasteiger partial charge on any atom is -0.508 e. The third-order valence-electron chi connectivity index (χ3n) is 4.63. The van der Waals surface area contributed by atoms with E-state index in [0.717, 1.165) is 21.7 Å². The molecular formula is C20H13N5O2. The number of phenols is 1. The van der Waals surface area contributed by atoms with Crippen LogP contribution < -0.4 is 5.73 Å². The van der Waals surface area contributed by atoms with Gasteiger partial charge in [-0.1, -0.05) is 18.2 Å². The van der Waals surface area contributed by atoms with Crippen molar-refractivity contribution in [2.75, 3.05) is 0 Å². The molecule has 5 aromatic rings. The maximum atomic E-state index is 12.1. The van der Waals surface area contributed by atoms with Crippen LogP contribution in [0.2, 0.25) is 0 Å². The summed E-state index contributed by atoms with van der Waals surface area (Å²) < 4.78 is 0. The Hall–Kier alpha value is -4.00. The quantitative estimate of drug-likeness (QED) is 0.450. The number of nitrogens with two attached hydrogens (primary N) is 1. The van der Waals surface area contributed by atoms with Crippen molar-refractivity contribution in [1.29, 1.82) is 0 Å². The molecule has 0 spiro atoms. The standard InChI is InChI=1S/C20H13N5O2/c21-19(27)18-15-12-3-1-2-4-14(12)23-17(10-5-7-11(26)8-6-10)13-9-22-20(16(13)15)25-24-18/h1-9,24,26H,(H2,21,27). The van der Waals surface area contributed by atoms with Gasteiger partial charge in [-0.25, -0.2) is 9.97 Å². The fraction of sp³-hybridized carbons (Fsp3) is 0. The van der Waals surface area contributed by atoms with Crippen LogP contribution in [0, 0.1) is 0 Å². The molecule has 4 N–H and O–H groups in total. The second-order valence-corrected chi connectivity index (χ2v) is 6.23. The van der Waals surface area contributed by atoms with E-state index in [4.69, 9.17) is 10.7 Å². The summed E-state index contributed by atoms with van der Waals surface area (Å²) in [5, 5.41) is 19.4. The summed E-state index contributed by atoms with van der Waals surface area (Å²) in [5.74, 6) is -0.429. The molecule has 0 aliphatic rings. The van der Waals surface area contributed by atoms with Crippen LogP contribution in [0.1, 0.15) is 10.5 Å². The minimum atomic E-state index is -0.602. The number of para-hydroxylation sites is 1. The molecule has 0 radical (unpaired) electrons. The Kier molecular flexibility index (Phi) is 3.11. The van der Waals surface area contributed by atoms with Crippen molar-refractivity contribution in [1.82, 2.24) is 20.2 Å². The van der Waals surface area contributed by atoms with Crippen molar-refractivity contribution in [3.05, 3.63) is 60.4 Å². The van der Waals surface area contributed by atoms with Gasteiger partial charge in [0, 0.05) is 33.3 Å². The van der Waals surface area contributed by atoms with Crippen LogP contribution in [0.15, 0.2) is 54.7 Å². The van der Waals surface area contributed by atoms with Crippen molar-refractivity contribution < 1.29 is 9.90 Å². The van der Waals surface area contributed by atoms with Gasteiger partial charge >= 0.3 is 0 Å². The van der Waals surface area contributed by atoms with Gasteiger partial charge in [-0.2, -0.15) is 5.10 Å². The fourth-order valence-electron chi connectivity index (χ4n) is 3.43. The number of nitrogens with one attached hydrogen (secondary N) is 1. The van der Waals surface area contributed by atoms with Gasteiger partial charge in [0.15, 0.2) is 5.65 Å². The fourth-order valence-corrected chi connectivity index (χ4v) is 3.43. The third-order valence-corrected chi connectivity index (χ3v) is 4.63. The number of phenolic OH excluding ortho intramolecular Hbond substituents is 1. The minimum absolute atomic E-state index is 0.173. The van der Waals surface area contributed by atoms with E-state index in [1.54, 1.807) is 30.5 Å². The van der Waals surface area contributed by atoms with Crippen LogP contribution >= 0.6 is 0 Å². The molecular weight excluding hydrogens is 342 g/mol. The summed E-state index contributed by atoms with van der Waals surface area (Å²) in [6.45, 7) is 0. The van der Waals surface area contributed by atoms with E-state index in [1.807, 2.05) is 24.3 Å². The van der Waals surface area contributed by atoms with Crippen molar-refractivity contribution in [3.63, 3.8) is 0 Å². The van der Waals surface area contributed by atoms with E-state index in [9.17, 15) is 9.90 Å². The van der Waals surface area contributed by atoms with Crippen molar-refractivity contribution in [2.45, 2.75) is 0 Å². The number of benzene rings is 2. The normalized spacial score (nSPS) is 11.4. The summed E-state index contributed by atoms with van der Waals surface area (Å²) in [5.41, 5.74) is 8.51. The van der Waals surface area contributed by atoms with Crippen molar-refractivity contribution >= 4 is 38.6 Å². The Bertz CT molecular complexity index is 1360. The first-order chi connectivity index (χ1) is 13.1. The molecule has 1 amide bonds. The molecule has 0 atom stereocenters. The summed E-state index contributed by atoms with van der Waals surface area (Å²) >= 11 is 0. The van der Waals surface area contributed by atoms with Gasteiger partial charge in [0.25, 0.3) is 5.91 Å². The topological polar surface area (TPSA) is 118 Å². The van der Waals surface area contributed by atoms with Crippen LogP contribution in [0.3, 0.4) is 0 Å². The zero-order valence-corrected chi connectivity index (χ0v) is 14.0. The van der Waals surface area contributed by atoms with Gasteiger partial charge in [0.05, 0.1) is 11.2 Å². The number of hydrogen-bond acceptors (Lipinski definition) is 5. The van der Waals surface area contributed by atoms with Gasteiger partial charge < -0.3 is 10.8 Å². The number of rotatable bonds is 2. The molecule has 7 nitrogen and oxygen atoms in total. The molecule has 0 fully saturated rings. The second-order valence-electron chi connectivity index (χ2n) is 6.23. The number of aromatic nitrogens is 4. The summed E-state index contributed by atoms with van der Waals surface area (Å²) in [7, 11) is 0. The number of amides is 1. The van der Waals surface area contributed by atoms with Crippen LogP contribution in [0.25, 0.3) is 44.0 Å². The number of fused-ring (bicyclic) bond motifs is 2. The molecule has 0 saturated carbocycles. The molecule has 5 rings (SSSR count). The number of hydrogen-bond donors (Lipinski definition) is 3. The second kappa shape index (κ2) is 5.50. The van der Waals surface area contributed by atoms with Crippen LogP contribution in [0.5, 0.6) is 5.75 Å². The Morgan fingerprint density at radius 1 is 1.00 bits per heavy atom. The lowest BCUT2D eigenvalue weighted by Crippen LogP contribution is -2.14. The van der Waals surface area contributed by atoms with E-state index in [0.29, 0.717) is 22.2 Å². The Balaban J connectivity index is 2.07. The van der Waals surface area contributed by atoms with E-state index in [2.05, 4.69) is 15.2 Å². The van der Waals surface area contributed by atoms with E-state index < -0.39 is 5.91 Å². The van der Waals surface area contributed by atoms with Crippen molar-refractivity contribution in [3.8, 4) is 17.0 Å². The van der Waals surface area contributed by atoms with Gasteiger partial charge in [-0.05, 0) is 30.3 Å². The summed E-state index contributed by atoms with van der Waals surface area (Å²) in [6.07, 6.45) is 1.69.